The van der Waals surface area contributed by atoms with Gasteiger partial charge in [0.2, 0.25) is 0 Å². The van der Waals surface area contributed by atoms with Crippen LogP contribution in [0.4, 0.5) is 5.00 Å². The summed E-state index contributed by atoms with van der Waals surface area (Å²) in [5.74, 6) is 0.273. The fraction of sp³-hybridized carbons (Fsp3) is 0.231. The molecular formula is C13H14N2O3S. The molecule has 0 radical (unpaired) electrons. The van der Waals surface area contributed by atoms with E-state index in [-0.39, 0.29) is 5.69 Å². The summed E-state index contributed by atoms with van der Waals surface area (Å²) in [6.45, 7) is 2.55. The Bertz CT molecular complexity index is 578. The second kappa shape index (κ2) is 5.71. The van der Waals surface area contributed by atoms with E-state index in [0.29, 0.717) is 16.6 Å². The molecule has 0 atom stereocenters. The van der Waals surface area contributed by atoms with Gasteiger partial charge >= 0.3 is 5.97 Å². The molecule has 0 saturated heterocycles. The fourth-order valence-corrected chi connectivity index (χ4v) is 2.38. The normalized spacial score (nSPS) is 10.2. The van der Waals surface area contributed by atoms with Gasteiger partial charge in [0.05, 0.1) is 13.7 Å². The van der Waals surface area contributed by atoms with Crippen molar-refractivity contribution >= 4 is 22.3 Å². The van der Waals surface area contributed by atoms with Crippen LogP contribution in [0.2, 0.25) is 0 Å². The second-order valence-corrected chi connectivity index (χ2v) is 4.71. The van der Waals surface area contributed by atoms with Crippen molar-refractivity contribution in [1.29, 1.82) is 0 Å². The molecular weight excluding hydrogens is 264 g/mol. The minimum absolute atomic E-state index is 0.163. The second-order valence-electron chi connectivity index (χ2n) is 3.68. The summed E-state index contributed by atoms with van der Waals surface area (Å²) in [5, 5.41) is 1.04. The van der Waals surface area contributed by atoms with E-state index < -0.39 is 5.97 Å². The van der Waals surface area contributed by atoms with Crippen molar-refractivity contribution in [1.82, 2.24) is 4.98 Å². The summed E-state index contributed by atoms with van der Waals surface area (Å²) < 4.78 is 9.99. The third-order valence-electron chi connectivity index (χ3n) is 2.44. The van der Waals surface area contributed by atoms with Gasteiger partial charge in [-0.05, 0) is 31.2 Å². The Morgan fingerprint density at radius 2 is 2.05 bits per heavy atom. The van der Waals surface area contributed by atoms with E-state index in [1.54, 1.807) is 0 Å². The summed E-state index contributed by atoms with van der Waals surface area (Å²) >= 11 is 1.26. The zero-order valence-electron chi connectivity index (χ0n) is 10.7. The molecule has 0 unspecified atom stereocenters. The zero-order chi connectivity index (χ0) is 13.8. The van der Waals surface area contributed by atoms with E-state index in [0.717, 1.165) is 11.3 Å². The van der Waals surface area contributed by atoms with Gasteiger partial charge in [-0.1, -0.05) is 11.3 Å². The standard InChI is InChI=1S/C13H14N2O3S/c1-3-18-9-6-4-8(5-7-9)12-15-10(11(14)19-12)13(16)17-2/h4-7H,3,14H2,1-2H3. The van der Waals surface area contributed by atoms with Gasteiger partial charge in [-0.25, -0.2) is 9.78 Å². The predicted molar refractivity (Wildman–Crippen MR) is 74.5 cm³/mol. The van der Waals surface area contributed by atoms with Crippen molar-refractivity contribution in [2.75, 3.05) is 19.5 Å². The van der Waals surface area contributed by atoms with Crippen LogP contribution in [0.3, 0.4) is 0 Å². The average molecular weight is 278 g/mol. The molecule has 2 N–H and O–H groups in total. The van der Waals surface area contributed by atoms with Gasteiger partial charge in [0.25, 0.3) is 0 Å². The van der Waals surface area contributed by atoms with Crippen LogP contribution < -0.4 is 10.5 Å². The summed E-state index contributed by atoms with van der Waals surface area (Å²) in [6.07, 6.45) is 0. The Morgan fingerprint density at radius 1 is 1.37 bits per heavy atom. The quantitative estimate of drug-likeness (QED) is 0.870. The molecule has 2 aromatic rings. The molecule has 0 saturated carbocycles. The average Bonchev–Trinajstić information content (AvgIpc) is 2.81. The third kappa shape index (κ3) is 2.85. The molecule has 100 valence electrons. The first-order chi connectivity index (χ1) is 9.15. The topological polar surface area (TPSA) is 74.4 Å². The summed E-state index contributed by atoms with van der Waals surface area (Å²) in [7, 11) is 1.30. The lowest BCUT2D eigenvalue weighted by Gasteiger charge is -2.02. The molecule has 1 aromatic carbocycles. The first-order valence-electron chi connectivity index (χ1n) is 5.73. The minimum atomic E-state index is -0.522. The Balaban J connectivity index is 2.29. The number of hydrogen-bond donors (Lipinski definition) is 1. The van der Waals surface area contributed by atoms with Crippen LogP contribution in [0.25, 0.3) is 10.6 Å². The van der Waals surface area contributed by atoms with Crippen molar-refractivity contribution < 1.29 is 14.3 Å². The predicted octanol–water partition coefficient (Wildman–Crippen LogP) is 2.58. The highest BCUT2D eigenvalue weighted by Gasteiger charge is 2.17. The summed E-state index contributed by atoms with van der Waals surface area (Å²) in [6, 6.07) is 7.47. The van der Waals surface area contributed by atoms with E-state index in [9.17, 15) is 4.79 Å². The molecule has 0 fully saturated rings. The molecule has 6 heteroatoms. The lowest BCUT2D eigenvalue weighted by molar-refractivity contribution is 0.0596. The Kier molecular flexibility index (Phi) is 4.01. The van der Waals surface area contributed by atoms with Crippen molar-refractivity contribution in [3.63, 3.8) is 0 Å². The molecule has 5 nitrogen and oxygen atoms in total. The molecule has 1 heterocycles. The highest BCUT2D eigenvalue weighted by atomic mass is 32.1. The molecule has 0 aliphatic rings. The molecule has 0 aliphatic carbocycles. The number of anilines is 1. The molecule has 0 amide bonds. The smallest absolute Gasteiger partial charge is 0.359 e. The summed E-state index contributed by atoms with van der Waals surface area (Å²) in [5.41, 5.74) is 6.81. The maximum absolute atomic E-state index is 11.4. The number of nitrogens with zero attached hydrogens (tertiary/aromatic N) is 1. The van der Waals surface area contributed by atoms with Gasteiger partial charge < -0.3 is 15.2 Å². The molecule has 2 rings (SSSR count). The number of nitrogen functional groups attached to an aromatic ring is 1. The minimum Gasteiger partial charge on any atom is -0.494 e. The Labute approximate surface area is 115 Å². The van der Waals surface area contributed by atoms with Crippen molar-refractivity contribution in [3.8, 4) is 16.3 Å². The number of carbonyl (C=O) groups is 1. The highest BCUT2D eigenvalue weighted by molar-refractivity contribution is 7.19. The number of aromatic nitrogens is 1. The van der Waals surface area contributed by atoms with E-state index in [1.165, 1.54) is 18.4 Å². The zero-order valence-corrected chi connectivity index (χ0v) is 11.5. The van der Waals surface area contributed by atoms with Gasteiger partial charge in [-0.15, -0.1) is 0 Å². The molecule has 0 bridgehead atoms. The van der Waals surface area contributed by atoms with Gasteiger partial charge in [0.1, 0.15) is 15.8 Å². The van der Waals surface area contributed by atoms with Crippen LogP contribution in [0.5, 0.6) is 5.75 Å². The number of methoxy groups -OCH3 is 1. The maximum atomic E-state index is 11.4. The maximum Gasteiger partial charge on any atom is 0.359 e. The largest absolute Gasteiger partial charge is 0.494 e. The van der Waals surface area contributed by atoms with E-state index >= 15 is 0 Å². The number of benzene rings is 1. The number of ether oxygens (including phenoxy) is 2. The van der Waals surface area contributed by atoms with Crippen molar-refractivity contribution in [2.24, 2.45) is 0 Å². The van der Waals surface area contributed by atoms with Crippen LogP contribution in [-0.4, -0.2) is 24.7 Å². The number of carbonyl (C=O) groups excluding carboxylic acids is 1. The van der Waals surface area contributed by atoms with Gasteiger partial charge in [0.15, 0.2) is 5.69 Å². The van der Waals surface area contributed by atoms with Crippen molar-refractivity contribution in [2.45, 2.75) is 6.92 Å². The highest BCUT2D eigenvalue weighted by Crippen LogP contribution is 2.31. The monoisotopic (exact) mass is 278 g/mol. The van der Waals surface area contributed by atoms with Crippen LogP contribution in [0.1, 0.15) is 17.4 Å². The Hall–Kier alpha value is -2.08. The van der Waals surface area contributed by atoms with Crippen LogP contribution in [0, 0.1) is 0 Å². The first-order valence-corrected chi connectivity index (χ1v) is 6.55. The van der Waals surface area contributed by atoms with Crippen LogP contribution >= 0.6 is 11.3 Å². The molecule has 0 spiro atoms. The Morgan fingerprint density at radius 3 is 2.63 bits per heavy atom. The lowest BCUT2D eigenvalue weighted by Crippen LogP contribution is -2.04. The molecule has 1 aromatic heterocycles. The SMILES string of the molecule is CCOc1ccc(-c2nc(C(=O)OC)c(N)s2)cc1. The summed E-state index contributed by atoms with van der Waals surface area (Å²) in [4.78, 5) is 15.6. The van der Waals surface area contributed by atoms with Gasteiger partial charge in [-0.2, -0.15) is 0 Å². The van der Waals surface area contributed by atoms with E-state index in [4.69, 9.17) is 10.5 Å². The lowest BCUT2D eigenvalue weighted by atomic mass is 10.2. The number of nitrogens with two attached hydrogens (primary N) is 1. The third-order valence-corrected chi connectivity index (χ3v) is 3.38. The first kappa shape index (κ1) is 13.4. The van der Waals surface area contributed by atoms with Crippen molar-refractivity contribution in [3.05, 3.63) is 30.0 Å². The van der Waals surface area contributed by atoms with E-state index in [2.05, 4.69) is 9.72 Å². The van der Waals surface area contributed by atoms with Crippen LogP contribution in [-0.2, 0) is 4.74 Å². The van der Waals surface area contributed by atoms with Crippen LogP contribution in [0.15, 0.2) is 24.3 Å². The van der Waals surface area contributed by atoms with Gasteiger partial charge in [0, 0.05) is 5.56 Å². The fourth-order valence-electron chi connectivity index (χ4n) is 1.56. The molecule has 0 aliphatic heterocycles. The number of thiazole rings is 1. The number of rotatable bonds is 4. The van der Waals surface area contributed by atoms with E-state index in [1.807, 2.05) is 31.2 Å². The number of hydrogen-bond acceptors (Lipinski definition) is 6. The number of esters is 1. The molecule has 19 heavy (non-hydrogen) atoms. The van der Waals surface area contributed by atoms with Gasteiger partial charge in [-0.3, -0.25) is 0 Å².